The van der Waals surface area contributed by atoms with Crippen molar-refractivity contribution in [2.45, 2.75) is 62.7 Å². The van der Waals surface area contributed by atoms with E-state index in [9.17, 15) is 0 Å². The van der Waals surface area contributed by atoms with Crippen LogP contribution in [0.5, 0.6) is 0 Å². The maximum atomic E-state index is 3.86. The predicted octanol–water partition coefficient (Wildman–Crippen LogP) is 4.37. The molecular formula is C18H27NS. The molecule has 1 fully saturated rings. The maximum Gasteiger partial charge on any atom is 0.0285 e. The lowest BCUT2D eigenvalue weighted by molar-refractivity contribution is 0.345. The van der Waals surface area contributed by atoms with E-state index in [1.807, 2.05) is 0 Å². The number of benzene rings is 1. The molecule has 0 radical (unpaired) electrons. The van der Waals surface area contributed by atoms with Crippen LogP contribution in [0.25, 0.3) is 0 Å². The van der Waals surface area contributed by atoms with Crippen LogP contribution in [0.2, 0.25) is 0 Å². The van der Waals surface area contributed by atoms with Gasteiger partial charge in [0.1, 0.15) is 0 Å². The lowest BCUT2D eigenvalue weighted by Gasteiger charge is -2.40. The Hall–Kier alpha value is -0.470. The van der Waals surface area contributed by atoms with Crippen LogP contribution >= 0.6 is 11.8 Å². The first-order valence-electron chi connectivity index (χ1n) is 8.18. The molecule has 0 spiro atoms. The molecule has 0 amide bonds. The number of hydrogen-bond acceptors (Lipinski definition) is 2. The first-order chi connectivity index (χ1) is 9.73. The molecule has 1 aromatic rings. The van der Waals surface area contributed by atoms with Crippen LogP contribution in [0.4, 0.5) is 0 Å². The van der Waals surface area contributed by atoms with Gasteiger partial charge in [-0.3, -0.25) is 0 Å². The summed E-state index contributed by atoms with van der Waals surface area (Å²) < 4.78 is 0.458. The summed E-state index contributed by atoms with van der Waals surface area (Å²) in [7, 11) is 0. The Morgan fingerprint density at radius 2 is 2.25 bits per heavy atom. The van der Waals surface area contributed by atoms with E-state index in [1.54, 1.807) is 11.1 Å². The van der Waals surface area contributed by atoms with Crippen LogP contribution in [0, 0.1) is 0 Å². The summed E-state index contributed by atoms with van der Waals surface area (Å²) in [5.74, 6) is 2.14. The Morgan fingerprint density at radius 1 is 1.40 bits per heavy atom. The van der Waals surface area contributed by atoms with Gasteiger partial charge in [-0.15, -0.1) is 0 Å². The number of fused-ring (bicyclic) bond motifs is 1. The average Bonchev–Trinajstić information content (AvgIpc) is 2.87. The van der Waals surface area contributed by atoms with Gasteiger partial charge in [0.2, 0.25) is 0 Å². The van der Waals surface area contributed by atoms with E-state index in [4.69, 9.17) is 0 Å². The van der Waals surface area contributed by atoms with Crippen LogP contribution in [0.15, 0.2) is 24.3 Å². The molecule has 1 nitrogen and oxygen atoms in total. The monoisotopic (exact) mass is 289 g/mol. The molecule has 1 aliphatic heterocycles. The Morgan fingerprint density at radius 3 is 2.95 bits per heavy atom. The highest BCUT2D eigenvalue weighted by molar-refractivity contribution is 8.00. The highest BCUT2D eigenvalue weighted by Crippen LogP contribution is 2.46. The fourth-order valence-corrected chi connectivity index (χ4v) is 5.22. The van der Waals surface area contributed by atoms with Crippen molar-refractivity contribution in [1.29, 1.82) is 0 Å². The minimum Gasteiger partial charge on any atom is -0.313 e. The molecule has 1 N–H and O–H groups in total. The summed E-state index contributed by atoms with van der Waals surface area (Å²) in [6, 6.07) is 9.69. The molecule has 2 heteroatoms. The zero-order valence-corrected chi connectivity index (χ0v) is 13.6. The topological polar surface area (TPSA) is 12.0 Å². The van der Waals surface area contributed by atoms with Crippen LogP contribution in [0.3, 0.4) is 0 Å². The van der Waals surface area contributed by atoms with Gasteiger partial charge in [0.15, 0.2) is 0 Å². The minimum absolute atomic E-state index is 0.458. The van der Waals surface area contributed by atoms with Crippen LogP contribution < -0.4 is 5.32 Å². The third-order valence-corrected chi connectivity index (χ3v) is 6.75. The van der Waals surface area contributed by atoms with E-state index < -0.39 is 0 Å². The highest BCUT2D eigenvalue weighted by Gasteiger charge is 2.40. The van der Waals surface area contributed by atoms with Crippen LogP contribution in [-0.2, 0) is 6.42 Å². The molecule has 1 aromatic carbocycles. The fraction of sp³-hybridized carbons (Fsp3) is 0.667. The van der Waals surface area contributed by atoms with Gasteiger partial charge in [-0.1, -0.05) is 31.2 Å². The van der Waals surface area contributed by atoms with E-state index in [0.717, 1.165) is 12.5 Å². The molecule has 3 unspecified atom stereocenters. The third kappa shape index (κ3) is 2.78. The third-order valence-electron chi connectivity index (χ3n) is 5.11. The molecule has 0 bridgehead atoms. The largest absolute Gasteiger partial charge is 0.313 e. The van der Waals surface area contributed by atoms with Crippen molar-refractivity contribution in [3.05, 3.63) is 35.4 Å². The van der Waals surface area contributed by atoms with Crippen molar-refractivity contribution in [2.24, 2.45) is 0 Å². The van der Waals surface area contributed by atoms with Crippen molar-refractivity contribution < 1.29 is 0 Å². The molecule has 3 rings (SSSR count). The van der Waals surface area contributed by atoms with Gasteiger partial charge in [-0.2, -0.15) is 11.8 Å². The summed E-state index contributed by atoms with van der Waals surface area (Å²) in [5, 5.41) is 3.86. The van der Waals surface area contributed by atoms with Crippen LogP contribution in [-0.4, -0.2) is 23.1 Å². The number of rotatable bonds is 6. The van der Waals surface area contributed by atoms with Crippen molar-refractivity contribution in [3.8, 4) is 0 Å². The summed E-state index contributed by atoms with van der Waals surface area (Å²) in [4.78, 5) is 0. The Kier molecular flexibility index (Phi) is 4.42. The summed E-state index contributed by atoms with van der Waals surface area (Å²) in [6.07, 6.45) is 6.63. The predicted molar refractivity (Wildman–Crippen MR) is 89.7 cm³/mol. The number of thioether (sulfide) groups is 1. The highest BCUT2D eigenvalue weighted by atomic mass is 32.2. The van der Waals surface area contributed by atoms with E-state index in [-0.39, 0.29) is 0 Å². The molecule has 1 saturated heterocycles. The van der Waals surface area contributed by atoms with Gasteiger partial charge in [0.25, 0.3) is 0 Å². The van der Waals surface area contributed by atoms with Crippen molar-refractivity contribution in [1.82, 2.24) is 5.32 Å². The number of nitrogens with one attached hydrogen (secondary N) is 1. The Bertz CT molecular complexity index is 450. The molecule has 3 atom stereocenters. The molecular weight excluding hydrogens is 262 g/mol. The second-order valence-electron chi connectivity index (χ2n) is 6.61. The molecule has 0 saturated carbocycles. The van der Waals surface area contributed by atoms with E-state index >= 15 is 0 Å². The summed E-state index contributed by atoms with van der Waals surface area (Å²) >= 11 is 2.20. The standard InChI is InChI=1S/C18H27NS/c1-3-10-19-17(18(2)9-6-11-20-18)13-15-12-14-7-4-5-8-16(14)15/h4-5,7-8,15,17,19H,3,6,9-13H2,1-2H3. The van der Waals surface area contributed by atoms with Crippen molar-refractivity contribution in [2.75, 3.05) is 12.3 Å². The van der Waals surface area contributed by atoms with Crippen LogP contribution in [0.1, 0.15) is 56.6 Å². The van der Waals surface area contributed by atoms with Gasteiger partial charge in [-0.25, -0.2) is 0 Å². The Balaban J connectivity index is 1.68. The molecule has 2 aliphatic rings. The minimum atomic E-state index is 0.458. The average molecular weight is 289 g/mol. The zero-order valence-electron chi connectivity index (χ0n) is 12.8. The van der Waals surface area contributed by atoms with E-state index in [0.29, 0.717) is 10.8 Å². The van der Waals surface area contributed by atoms with E-state index in [1.165, 1.54) is 37.9 Å². The van der Waals surface area contributed by atoms with Gasteiger partial charge < -0.3 is 5.32 Å². The van der Waals surface area contributed by atoms with Gasteiger partial charge in [0.05, 0.1) is 0 Å². The summed E-state index contributed by atoms with van der Waals surface area (Å²) in [5.41, 5.74) is 3.19. The molecule has 0 aromatic heterocycles. The van der Waals surface area contributed by atoms with Gasteiger partial charge in [-0.05, 0) is 68.4 Å². The molecule has 110 valence electrons. The lowest BCUT2D eigenvalue weighted by atomic mass is 9.72. The van der Waals surface area contributed by atoms with Gasteiger partial charge >= 0.3 is 0 Å². The van der Waals surface area contributed by atoms with Gasteiger partial charge in [0, 0.05) is 10.8 Å². The summed E-state index contributed by atoms with van der Waals surface area (Å²) in [6.45, 7) is 5.92. The second-order valence-corrected chi connectivity index (χ2v) is 8.24. The molecule has 1 heterocycles. The normalized spacial score (nSPS) is 29.8. The Labute approximate surface area is 127 Å². The first-order valence-corrected chi connectivity index (χ1v) is 9.16. The van der Waals surface area contributed by atoms with Crippen molar-refractivity contribution in [3.63, 3.8) is 0 Å². The number of hydrogen-bond donors (Lipinski definition) is 1. The zero-order chi connectivity index (χ0) is 14.0. The molecule has 1 aliphatic carbocycles. The fourth-order valence-electron chi connectivity index (χ4n) is 3.80. The quantitative estimate of drug-likeness (QED) is 0.834. The lowest BCUT2D eigenvalue weighted by Crippen LogP contribution is -2.47. The first kappa shape index (κ1) is 14.5. The van der Waals surface area contributed by atoms with E-state index in [2.05, 4.69) is 55.2 Å². The second kappa shape index (κ2) is 6.11. The van der Waals surface area contributed by atoms with Crippen molar-refractivity contribution >= 4 is 11.8 Å². The SMILES string of the molecule is CCCNC(CC1Cc2ccccc21)C1(C)CCCS1. The maximum absolute atomic E-state index is 3.86. The molecule has 20 heavy (non-hydrogen) atoms. The smallest absolute Gasteiger partial charge is 0.0285 e.